The number of aromatic nitrogens is 2. The maximum Gasteiger partial charge on any atom is 0.573 e. The van der Waals surface area contributed by atoms with Gasteiger partial charge in [0.05, 0.1) is 11.8 Å². The van der Waals surface area contributed by atoms with Gasteiger partial charge in [-0.2, -0.15) is 5.10 Å². The molecule has 1 heterocycles. The van der Waals surface area contributed by atoms with E-state index in [2.05, 4.69) is 20.3 Å². The highest BCUT2D eigenvalue weighted by Crippen LogP contribution is 2.38. The van der Waals surface area contributed by atoms with Gasteiger partial charge in [-0.25, -0.2) is 0 Å². The van der Waals surface area contributed by atoms with Gasteiger partial charge in [-0.05, 0) is 24.6 Å². The largest absolute Gasteiger partial charge is 0.573 e. The van der Waals surface area contributed by atoms with Gasteiger partial charge < -0.3 is 10.1 Å². The first-order valence-electron chi connectivity index (χ1n) is 8.03. The molecule has 0 aliphatic rings. The van der Waals surface area contributed by atoms with Gasteiger partial charge in [-0.15, -0.1) is 13.2 Å². The number of nitrogens with one attached hydrogen (secondary N) is 2. The lowest BCUT2D eigenvalue weighted by molar-refractivity contribution is -0.274. The molecule has 1 amide bonds. The Morgan fingerprint density at radius 2 is 1.89 bits per heavy atom. The van der Waals surface area contributed by atoms with Gasteiger partial charge in [0, 0.05) is 28.6 Å². The third-order valence-corrected chi connectivity index (χ3v) is 3.99. The molecule has 0 radical (unpaired) electrons. The maximum atomic E-state index is 12.7. The summed E-state index contributed by atoms with van der Waals surface area (Å²) in [6, 6.07) is 8.68. The molecule has 2 aromatic carbocycles. The minimum Gasteiger partial charge on any atom is -0.405 e. The first kappa shape index (κ1) is 19.2. The quantitative estimate of drug-likeness (QED) is 0.636. The van der Waals surface area contributed by atoms with E-state index >= 15 is 0 Å². The second-order valence-corrected chi connectivity index (χ2v) is 5.84. The summed E-state index contributed by atoms with van der Waals surface area (Å²) < 4.78 is 42.2. The number of carbonyl (C=O) groups is 2. The Kier molecular flexibility index (Phi) is 5.16. The molecule has 0 atom stereocenters. The van der Waals surface area contributed by atoms with E-state index in [1.54, 1.807) is 12.1 Å². The number of H-pyrrole nitrogens is 1. The van der Waals surface area contributed by atoms with Crippen LogP contribution in [0.2, 0.25) is 0 Å². The summed E-state index contributed by atoms with van der Waals surface area (Å²) in [5.41, 5.74) is 2.00. The van der Waals surface area contributed by atoms with E-state index < -0.39 is 12.3 Å². The van der Waals surface area contributed by atoms with Crippen LogP contribution in [0, 0.1) is 6.92 Å². The van der Waals surface area contributed by atoms with Crippen molar-refractivity contribution < 1.29 is 27.5 Å². The lowest BCUT2D eigenvalue weighted by Gasteiger charge is -2.18. The number of aldehydes is 1. The first-order valence-corrected chi connectivity index (χ1v) is 8.03. The molecule has 3 aromatic rings. The van der Waals surface area contributed by atoms with Gasteiger partial charge in [-0.1, -0.05) is 24.3 Å². The zero-order chi connectivity index (χ0) is 20.3. The van der Waals surface area contributed by atoms with E-state index in [-0.39, 0.29) is 22.6 Å². The fourth-order valence-electron chi connectivity index (χ4n) is 2.70. The molecule has 9 heteroatoms. The highest BCUT2D eigenvalue weighted by atomic mass is 19.4. The summed E-state index contributed by atoms with van der Waals surface area (Å²) in [7, 11) is 0. The number of alkyl halides is 3. The summed E-state index contributed by atoms with van der Waals surface area (Å²) >= 11 is 0. The lowest BCUT2D eigenvalue weighted by atomic mass is 9.96. The van der Waals surface area contributed by atoms with Crippen LogP contribution in [0.15, 0.2) is 48.8 Å². The van der Waals surface area contributed by atoms with Gasteiger partial charge in [0.1, 0.15) is 12.0 Å². The molecular formula is C19H14F3N3O3. The minimum atomic E-state index is -4.86. The predicted octanol–water partition coefficient (Wildman–Crippen LogP) is 4.35. The fraction of sp³-hybridized carbons (Fsp3) is 0.105. The Morgan fingerprint density at radius 3 is 2.46 bits per heavy atom. The summed E-state index contributed by atoms with van der Waals surface area (Å²) in [5, 5.41) is 8.87. The topological polar surface area (TPSA) is 84.1 Å². The van der Waals surface area contributed by atoms with Crippen LogP contribution in [0.5, 0.6) is 5.75 Å². The zero-order valence-corrected chi connectivity index (χ0v) is 14.5. The molecule has 0 aliphatic carbocycles. The van der Waals surface area contributed by atoms with E-state index in [9.17, 15) is 22.8 Å². The molecule has 28 heavy (non-hydrogen) atoms. The van der Waals surface area contributed by atoms with Gasteiger partial charge in [0.15, 0.2) is 0 Å². The number of amides is 1. The van der Waals surface area contributed by atoms with Crippen LogP contribution in [0.4, 0.5) is 18.9 Å². The van der Waals surface area contributed by atoms with Crippen molar-refractivity contribution in [1.29, 1.82) is 0 Å². The summed E-state index contributed by atoms with van der Waals surface area (Å²) in [6.45, 7) is 1.46. The van der Waals surface area contributed by atoms with Crippen LogP contribution in [0.3, 0.4) is 0 Å². The van der Waals surface area contributed by atoms with Crippen molar-refractivity contribution in [3.05, 3.63) is 65.5 Å². The molecule has 3 rings (SSSR count). The Balaban J connectivity index is 2.08. The molecule has 0 spiro atoms. The number of rotatable bonds is 5. The van der Waals surface area contributed by atoms with Crippen molar-refractivity contribution in [2.75, 3.05) is 5.32 Å². The molecule has 0 unspecified atom stereocenters. The second-order valence-electron chi connectivity index (χ2n) is 5.84. The van der Waals surface area contributed by atoms with Gasteiger partial charge in [-0.3, -0.25) is 14.7 Å². The molecule has 0 saturated heterocycles. The summed E-state index contributed by atoms with van der Waals surface area (Å²) in [5.74, 6) is -0.869. The van der Waals surface area contributed by atoms with Crippen LogP contribution in [-0.4, -0.2) is 28.8 Å². The molecule has 0 aliphatic heterocycles. The molecule has 144 valence electrons. The van der Waals surface area contributed by atoms with Crippen molar-refractivity contribution in [3.8, 4) is 16.9 Å². The number of hydrogen-bond acceptors (Lipinski definition) is 4. The smallest absolute Gasteiger partial charge is 0.405 e. The van der Waals surface area contributed by atoms with Crippen molar-refractivity contribution in [2.45, 2.75) is 13.3 Å². The standard InChI is InChI=1S/C19H14F3N3O3/c1-11-16(28-19(20,21)22)7-6-15(25-18(27)14-8-23-24-9-14)17(11)13-4-2-12(10-26)3-5-13/h2-10H,1H3,(H,23,24)(H,25,27). The SMILES string of the molecule is Cc1c(OC(F)(F)F)ccc(NC(=O)c2cn[nH]c2)c1-c1ccc(C=O)cc1. The van der Waals surface area contributed by atoms with Gasteiger partial charge in [0.25, 0.3) is 5.91 Å². The van der Waals surface area contributed by atoms with Crippen LogP contribution >= 0.6 is 0 Å². The molecule has 6 nitrogen and oxygen atoms in total. The van der Waals surface area contributed by atoms with E-state index in [0.717, 1.165) is 6.07 Å². The highest BCUT2D eigenvalue weighted by Gasteiger charge is 2.32. The number of hydrogen-bond donors (Lipinski definition) is 2. The third kappa shape index (κ3) is 4.20. The molecular weight excluding hydrogens is 375 g/mol. The van der Waals surface area contributed by atoms with Crippen molar-refractivity contribution in [3.63, 3.8) is 0 Å². The zero-order valence-electron chi connectivity index (χ0n) is 14.5. The molecule has 0 saturated carbocycles. The number of benzene rings is 2. The van der Waals surface area contributed by atoms with Crippen LogP contribution in [0.25, 0.3) is 11.1 Å². The van der Waals surface area contributed by atoms with E-state index in [1.807, 2.05) is 0 Å². The van der Waals surface area contributed by atoms with Gasteiger partial charge >= 0.3 is 6.36 Å². The predicted molar refractivity (Wildman–Crippen MR) is 95.2 cm³/mol. The number of nitrogens with zero attached hydrogens (tertiary/aromatic N) is 1. The van der Waals surface area contributed by atoms with Crippen LogP contribution in [0.1, 0.15) is 26.3 Å². The second kappa shape index (κ2) is 7.55. The number of aromatic amines is 1. The van der Waals surface area contributed by atoms with Crippen molar-refractivity contribution in [2.24, 2.45) is 0 Å². The Hall–Kier alpha value is -3.62. The summed E-state index contributed by atoms with van der Waals surface area (Å²) in [6.07, 6.45) is -1.49. The number of halogens is 3. The van der Waals surface area contributed by atoms with Crippen molar-refractivity contribution >= 4 is 17.9 Å². The Labute approximate surface area is 157 Å². The maximum absolute atomic E-state index is 12.7. The van der Waals surface area contributed by atoms with Crippen molar-refractivity contribution in [1.82, 2.24) is 10.2 Å². The number of ether oxygens (including phenoxy) is 1. The average molecular weight is 389 g/mol. The minimum absolute atomic E-state index is 0.182. The third-order valence-electron chi connectivity index (χ3n) is 3.99. The summed E-state index contributed by atoms with van der Waals surface area (Å²) in [4.78, 5) is 23.2. The highest BCUT2D eigenvalue weighted by molar-refractivity contribution is 6.06. The molecule has 0 bridgehead atoms. The van der Waals surface area contributed by atoms with E-state index in [0.29, 0.717) is 23.0 Å². The average Bonchev–Trinajstić information content (AvgIpc) is 3.18. The number of anilines is 1. The molecule has 2 N–H and O–H groups in total. The van der Waals surface area contributed by atoms with E-state index in [1.165, 1.54) is 37.5 Å². The Morgan fingerprint density at radius 1 is 1.18 bits per heavy atom. The van der Waals surface area contributed by atoms with Gasteiger partial charge in [0.2, 0.25) is 0 Å². The monoisotopic (exact) mass is 389 g/mol. The number of carbonyl (C=O) groups excluding carboxylic acids is 2. The Bertz CT molecular complexity index is 998. The molecule has 0 fully saturated rings. The molecule has 1 aromatic heterocycles. The normalized spacial score (nSPS) is 11.1. The van der Waals surface area contributed by atoms with Crippen LogP contribution in [-0.2, 0) is 0 Å². The van der Waals surface area contributed by atoms with E-state index in [4.69, 9.17) is 0 Å². The fourth-order valence-corrected chi connectivity index (χ4v) is 2.70. The van der Waals surface area contributed by atoms with Crippen LogP contribution < -0.4 is 10.1 Å². The first-order chi connectivity index (χ1) is 13.3. The lowest BCUT2D eigenvalue weighted by Crippen LogP contribution is -2.18.